The fourth-order valence-corrected chi connectivity index (χ4v) is 2.41. The smallest absolute Gasteiger partial charge is 0.270 e. The van der Waals surface area contributed by atoms with Gasteiger partial charge in [-0.05, 0) is 19.9 Å². The van der Waals surface area contributed by atoms with Crippen molar-refractivity contribution in [1.82, 2.24) is 4.90 Å². The Morgan fingerprint density at radius 2 is 2.24 bits per heavy atom. The van der Waals surface area contributed by atoms with Crippen molar-refractivity contribution in [2.75, 3.05) is 11.9 Å². The standard InChI is InChI=1S/C14H16N4O3/c1-9(2)17-8-11(6-14(17)19)16-13-4-3-12(18(20)21)5-10(13)7-15/h3-5,9,11,16H,6,8H2,1-2H3. The minimum Gasteiger partial charge on any atom is -0.379 e. The summed E-state index contributed by atoms with van der Waals surface area (Å²) in [7, 11) is 0. The van der Waals surface area contributed by atoms with E-state index in [1.807, 2.05) is 19.9 Å². The number of amides is 1. The molecule has 1 amide bonds. The van der Waals surface area contributed by atoms with Crippen LogP contribution >= 0.6 is 0 Å². The minimum atomic E-state index is -0.537. The predicted octanol–water partition coefficient (Wildman–Crippen LogP) is 1.89. The van der Waals surface area contributed by atoms with Crippen molar-refractivity contribution in [2.45, 2.75) is 32.4 Å². The first-order chi connectivity index (χ1) is 9.92. The first kappa shape index (κ1) is 14.8. The molecule has 1 N–H and O–H groups in total. The zero-order valence-corrected chi connectivity index (χ0v) is 11.9. The minimum absolute atomic E-state index is 0.0721. The van der Waals surface area contributed by atoms with Crippen molar-refractivity contribution in [1.29, 1.82) is 5.26 Å². The van der Waals surface area contributed by atoms with Gasteiger partial charge in [0.2, 0.25) is 5.91 Å². The van der Waals surface area contributed by atoms with Gasteiger partial charge in [-0.1, -0.05) is 0 Å². The molecule has 1 unspecified atom stereocenters. The van der Waals surface area contributed by atoms with Gasteiger partial charge in [-0.25, -0.2) is 0 Å². The van der Waals surface area contributed by atoms with Crippen molar-refractivity contribution >= 4 is 17.3 Å². The lowest BCUT2D eigenvalue weighted by atomic mass is 10.1. The molecule has 1 fully saturated rings. The number of likely N-dealkylation sites (tertiary alicyclic amines) is 1. The molecular weight excluding hydrogens is 272 g/mol. The molecule has 0 saturated carbocycles. The van der Waals surface area contributed by atoms with Gasteiger partial charge < -0.3 is 10.2 Å². The Bertz CT molecular complexity index is 621. The Labute approximate surface area is 122 Å². The summed E-state index contributed by atoms with van der Waals surface area (Å²) in [6.45, 7) is 4.47. The van der Waals surface area contributed by atoms with Gasteiger partial charge in [-0.15, -0.1) is 0 Å². The van der Waals surface area contributed by atoms with Crippen LogP contribution in [0.4, 0.5) is 11.4 Å². The largest absolute Gasteiger partial charge is 0.379 e. The van der Waals surface area contributed by atoms with Crippen LogP contribution < -0.4 is 5.32 Å². The SMILES string of the molecule is CC(C)N1CC(Nc2ccc([N+](=O)[O-])cc2C#N)CC1=O. The molecule has 0 bridgehead atoms. The van der Waals surface area contributed by atoms with Crippen LogP contribution in [-0.2, 0) is 4.79 Å². The molecular formula is C14H16N4O3. The number of nitro benzene ring substituents is 1. The van der Waals surface area contributed by atoms with E-state index in [-0.39, 0.29) is 29.2 Å². The number of benzene rings is 1. The maximum absolute atomic E-state index is 11.8. The zero-order chi connectivity index (χ0) is 15.6. The quantitative estimate of drug-likeness (QED) is 0.673. The highest BCUT2D eigenvalue weighted by Crippen LogP contribution is 2.24. The highest BCUT2D eigenvalue weighted by molar-refractivity contribution is 5.80. The van der Waals surface area contributed by atoms with Crippen LogP contribution in [-0.4, -0.2) is 34.4 Å². The Hall–Kier alpha value is -2.62. The van der Waals surface area contributed by atoms with E-state index in [9.17, 15) is 14.9 Å². The molecule has 7 heteroatoms. The molecule has 1 aliphatic rings. The summed E-state index contributed by atoms with van der Waals surface area (Å²) in [5.74, 6) is 0.0721. The zero-order valence-electron chi connectivity index (χ0n) is 11.9. The van der Waals surface area contributed by atoms with Crippen LogP contribution in [0.25, 0.3) is 0 Å². The number of hydrogen-bond donors (Lipinski definition) is 1. The van der Waals surface area contributed by atoms with Crippen LogP contribution in [0, 0.1) is 21.4 Å². The highest BCUT2D eigenvalue weighted by atomic mass is 16.6. The van der Waals surface area contributed by atoms with E-state index < -0.39 is 4.92 Å². The van der Waals surface area contributed by atoms with Crippen LogP contribution in [0.5, 0.6) is 0 Å². The van der Waals surface area contributed by atoms with Crippen molar-refractivity contribution in [3.05, 3.63) is 33.9 Å². The molecule has 1 aromatic rings. The van der Waals surface area contributed by atoms with Gasteiger partial charge in [0.15, 0.2) is 0 Å². The molecule has 7 nitrogen and oxygen atoms in total. The fourth-order valence-electron chi connectivity index (χ4n) is 2.41. The van der Waals surface area contributed by atoms with Gasteiger partial charge in [0.1, 0.15) is 6.07 Å². The highest BCUT2D eigenvalue weighted by Gasteiger charge is 2.31. The van der Waals surface area contributed by atoms with Crippen molar-refractivity contribution in [2.24, 2.45) is 0 Å². The van der Waals surface area contributed by atoms with Gasteiger partial charge >= 0.3 is 0 Å². The molecule has 0 spiro atoms. The summed E-state index contributed by atoms with van der Waals surface area (Å²) < 4.78 is 0. The van der Waals surface area contributed by atoms with Gasteiger partial charge in [-0.2, -0.15) is 5.26 Å². The average molecular weight is 288 g/mol. The van der Waals surface area contributed by atoms with Gasteiger partial charge in [-0.3, -0.25) is 14.9 Å². The number of rotatable bonds is 4. The lowest BCUT2D eigenvalue weighted by molar-refractivity contribution is -0.384. The van der Waals surface area contributed by atoms with E-state index in [0.717, 1.165) is 0 Å². The normalized spacial score (nSPS) is 17.9. The maximum Gasteiger partial charge on any atom is 0.270 e. The van der Waals surface area contributed by atoms with E-state index in [4.69, 9.17) is 5.26 Å². The van der Waals surface area contributed by atoms with Gasteiger partial charge in [0.05, 0.1) is 22.2 Å². The number of carbonyl (C=O) groups excluding carboxylic acids is 1. The summed E-state index contributed by atoms with van der Waals surface area (Å²) in [5, 5.41) is 22.9. The number of non-ortho nitro benzene ring substituents is 1. The summed E-state index contributed by atoms with van der Waals surface area (Å²) in [6.07, 6.45) is 0.361. The molecule has 2 rings (SSSR count). The third kappa shape index (κ3) is 3.11. The van der Waals surface area contributed by atoms with Crippen molar-refractivity contribution < 1.29 is 9.72 Å². The molecule has 1 saturated heterocycles. The molecule has 1 atom stereocenters. The second kappa shape index (κ2) is 5.79. The number of nitro groups is 1. The topological polar surface area (TPSA) is 99.3 Å². The lowest BCUT2D eigenvalue weighted by Gasteiger charge is -2.21. The third-order valence-electron chi connectivity index (χ3n) is 3.48. The summed E-state index contributed by atoms with van der Waals surface area (Å²) in [5.41, 5.74) is 0.606. The average Bonchev–Trinajstić information content (AvgIpc) is 2.80. The number of hydrogen-bond acceptors (Lipinski definition) is 5. The summed E-state index contributed by atoms with van der Waals surface area (Å²) in [4.78, 5) is 23.8. The fraction of sp³-hybridized carbons (Fsp3) is 0.429. The van der Waals surface area contributed by atoms with E-state index in [0.29, 0.717) is 18.7 Å². The van der Waals surface area contributed by atoms with E-state index in [1.165, 1.54) is 18.2 Å². The summed E-state index contributed by atoms with van der Waals surface area (Å²) in [6, 6.07) is 6.09. The lowest BCUT2D eigenvalue weighted by Crippen LogP contribution is -2.33. The number of anilines is 1. The first-order valence-corrected chi connectivity index (χ1v) is 6.67. The molecule has 110 valence electrons. The molecule has 21 heavy (non-hydrogen) atoms. The molecule has 1 aromatic carbocycles. The van der Waals surface area contributed by atoms with Gasteiger partial charge in [0, 0.05) is 31.1 Å². The van der Waals surface area contributed by atoms with Crippen LogP contribution in [0.15, 0.2) is 18.2 Å². The van der Waals surface area contributed by atoms with E-state index >= 15 is 0 Å². The number of nitrogens with zero attached hydrogens (tertiary/aromatic N) is 3. The van der Waals surface area contributed by atoms with Crippen LogP contribution in [0.1, 0.15) is 25.8 Å². The number of carbonyl (C=O) groups is 1. The number of nitrogens with one attached hydrogen (secondary N) is 1. The van der Waals surface area contributed by atoms with Gasteiger partial charge in [0.25, 0.3) is 5.69 Å². The Morgan fingerprint density at radius 3 is 2.76 bits per heavy atom. The second-order valence-electron chi connectivity index (χ2n) is 5.28. The van der Waals surface area contributed by atoms with Crippen LogP contribution in [0.3, 0.4) is 0 Å². The Balaban J connectivity index is 2.16. The predicted molar refractivity (Wildman–Crippen MR) is 76.7 cm³/mol. The monoisotopic (exact) mass is 288 g/mol. The third-order valence-corrected chi connectivity index (χ3v) is 3.48. The van der Waals surface area contributed by atoms with Crippen molar-refractivity contribution in [3.8, 4) is 6.07 Å². The van der Waals surface area contributed by atoms with Crippen molar-refractivity contribution in [3.63, 3.8) is 0 Å². The molecule has 0 aromatic heterocycles. The maximum atomic E-state index is 11.8. The Morgan fingerprint density at radius 1 is 1.52 bits per heavy atom. The first-order valence-electron chi connectivity index (χ1n) is 6.67. The van der Waals surface area contributed by atoms with E-state index in [2.05, 4.69) is 5.32 Å². The van der Waals surface area contributed by atoms with Crippen LogP contribution in [0.2, 0.25) is 0 Å². The molecule has 1 aliphatic heterocycles. The molecule has 0 radical (unpaired) electrons. The molecule has 0 aliphatic carbocycles. The molecule has 1 heterocycles. The number of nitriles is 1. The summed E-state index contributed by atoms with van der Waals surface area (Å²) >= 11 is 0. The Kier molecular flexibility index (Phi) is 4.08. The second-order valence-corrected chi connectivity index (χ2v) is 5.28. The van der Waals surface area contributed by atoms with E-state index in [1.54, 1.807) is 4.90 Å².